The summed E-state index contributed by atoms with van der Waals surface area (Å²) in [7, 11) is -0.344. The summed E-state index contributed by atoms with van der Waals surface area (Å²) in [5, 5.41) is 23.2. The molecular formula is C7H14BN5O. The fraction of sp³-hybridized carbons (Fsp3) is 0.857. The maximum Gasteiger partial charge on any atom is 0.376 e. The van der Waals surface area contributed by atoms with Crippen LogP contribution in [-0.2, 0) is 0 Å². The lowest BCUT2D eigenvalue weighted by atomic mass is 9.81. The molecule has 0 amide bonds. The van der Waals surface area contributed by atoms with E-state index >= 15 is 0 Å². The third kappa shape index (κ3) is 1.93. The quantitative estimate of drug-likeness (QED) is 0.621. The monoisotopic (exact) mass is 195 g/mol. The molecule has 0 radical (unpaired) electrons. The van der Waals surface area contributed by atoms with Crippen LogP contribution in [0.15, 0.2) is 0 Å². The highest BCUT2D eigenvalue weighted by molar-refractivity contribution is 6.45. The van der Waals surface area contributed by atoms with Gasteiger partial charge in [-0.2, -0.15) is 0 Å². The molecule has 1 saturated heterocycles. The van der Waals surface area contributed by atoms with Gasteiger partial charge in [-0.05, 0) is 43.2 Å². The Bertz CT molecular complexity index is 270. The Kier molecular flexibility index (Phi) is 2.78. The molecule has 76 valence electrons. The largest absolute Gasteiger partial charge is 0.437 e. The number of H-pyrrole nitrogens is 1. The van der Waals surface area contributed by atoms with Crippen molar-refractivity contribution in [2.75, 3.05) is 13.1 Å². The molecule has 0 atom stereocenters. The number of rotatable bonds is 2. The van der Waals surface area contributed by atoms with Gasteiger partial charge in [0.2, 0.25) is 0 Å². The normalized spacial score (nSPS) is 19.9. The van der Waals surface area contributed by atoms with E-state index in [9.17, 15) is 5.02 Å². The number of nitrogens with zero attached hydrogens (tertiary/aromatic N) is 4. The van der Waals surface area contributed by atoms with Crippen LogP contribution in [0.4, 0.5) is 0 Å². The van der Waals surface area contributed by atoms with Crippen molar-refractivity contribution in [1.82, 2.24) is 25.4 Å². The Morgan fingerprint density at radius 1 is 1.50 bits per heavy atom. The van der Waals surface area contributed by atoms with Crippen LogP contribution in [-0.4, -0.2) is 50.6 Å². The second kappa shape index (κ2) is 4.06. The van der Waals surface area contributed by atoms with Crippen molar-refractivity contribution in [3.63, 3.8) is 0 Å². The Hall–Kier alpha value is -0.945. The van der Waals surface area contributed by atoms with Gasteiger partial charge in [-0.1, -0.05) is 0 Å². The predicted molar refractivity (Wildman–Crippen MR) is 51.6 cm³/mol. The number of aromatic nitrogens is 4. The van der Waals surface area contributed by atoms with Crippen molar-refractivity contribution in [2.45, 2.75) is 25.6 Å². The molecule has 1 aromatic heterocycles. The van der Waals surface area contributed by atoms with Gasteiger partial charge in [0.15, 0.2) is 5.82 Å². The highest BCUT2D eigenvalue weighted by Gasteiger charge is 2.26. The van der Waals surface area contributed by atoms with Crippen LogP contribution in [0.25, 0.3) is 0 Å². The van der Waals surface area contributed by atoms with E-state index in [2.05, 4.69) is 25.4 Å². The number of hydrogen-bond acceptors (Lipinski definition) is 5. The van der Waals surface area contributed by atoms with Crippen molar-refractivity contribution < 1.29 is 5.02 Å². The van der Waals surface area contributed by atoms with Crippen molar-refractivity contribution in [3.05, 3.63) is 5.82 Å². The van der Waals surface area contributed by atoms with Gasteiger partial charge >= 0.3 is 7.05 Å². The highest BCUT2D eigenvalue weighted by atomic mass is 16.2. The number of aromatic amines is 1. The zero-order valence-electron chi connectivity index (χ0n) is 8.22. The Morgan fingerprint density at radius 3 is 2.71 bits per heavy atom. The van der Waals surface area contributed by atoms with Gasteiger partial charge in [-0.25, -0.2) is 5.10 Å². The van der Waals surface area contributed by atoms with Crippen LogP contribution in [0.5, 0.6) is 0 Å². The fourth-order valence-corrected chi connectivity index (χ4v) is 1.89. The van der Waals surface area contributed by atoms with E-state index in [-0.39, 0.29) is 7.05 Å². The summed E-state index contributed by atoms with van der Waals surface area (Å²) < 4.78 is 0. The molecule has 2 rings (SSSR count). The van der Waals surface area contributed by atoms with Crippen LogP contribution < -0.4 is 0 Å². The number of nitrogens with one attached hydrogen (secondary N) is 1. The van der Waals surface area contributed by atoms with Crippen molar-refractivity contribution in [1.29, 1.82) is 0 Å². The van der Waals surface area contributed by atoms with E-state index in [4.69, 9.17) is 0 Å². The first-order valence-electron chi connectivity index (χ1n) is 4.93. The molecule has 0 aliphatic carbocycles. The summed E-state index contributed by atoms with van der Waals surface area (Å²) in [6.07, 6.45) is 2.00. The van der Waals surface area contributed by atoms with E-state index < -0.39 is 0 Å². The maximum absolute atomic E-state index is 9.37. The average molecular weight is 195 g/mol. The SMILES string of the molecule is CB(O)N1CCC(c2nnn[nH]2)CC1. The molecule has 1 fully saturated rings. The third-order valence-electron chi connectivity index (χ3n) is 2.81. The second-order valence-corrected chi connectivity index (χ2v) is 3.73. The van der Waals surface area contributed by atoms with Gasteiger partial charge in [0.25, 0.3) is 0 Å². The lowest BCUT2D eigenvalue weighted by Gasteiger charge is -2.31. The van der Waals surface area contributed by atoms with Gasteiger partial charge < -0.3 is 9.83 Å². The molecule has 0 bridgehead atoms. The summed E-state index contributed by atoms with van der Waals surface area (Å²) in [6.45, 7) is 3.61. The molecule has 1 aliphatic rings. The topological polar surface area (TPSA) is 77.9 Å². The van der Waals surface area contributed by atoms with Crippen LogP contribution in [0.3, 0.4) is 0 Å². The molecule has 1 aliphatic heterocycles. The molecule has 0 unspecified atom stereocenters. The van der Waals surface area contributed by atoms with Crippen LogP contribution in [0.1, 0.15) is 24.6 Å². The van der Waals surface area contributed by atoms with E-state index in [0.717, 1.165) is 31.8 Å². The highest BCUT2D eigenvalue weighted by Crippen LogP contribution is 2.24. The Labute approximate surface area is 82.8 Å². The minimum atomic E-state index is -0.344. The van der Waals surface area contributed by atoms with Crippen LogP contribution in [0.2, 0.25) is 6.82 Å². The molecule has 2 heterocycles. The summed E-state index contributed by atoms with van der Waals surface area (Å²) in [5.41, 5.74) is 0. The molecular weight excluding hydrogens is 181 g/mol. The number of tetrazole rings is 1. The predicted octanol–water partition coefficient (Wildman–Crippen LogP) is -0.511. The van der Waals surface area contributed by atoms with Gasteiger partial charge in [0, 0.05) is 5.92 Å². The summed E-state index contributed by atoms with van der Waals surface area (Å²) in [4.78, 5) is 2.06. The second-order valence-electron chi connectivity index (χ2n) is 3.73. The lowest BCUT2D eigenvalue weighted by molar-refractivity contribution is 0.284. The van der Waals surface area contributed by atoms with Crippen molar-refractivity contribution in [3.8, 4) is 0 Å². The fourth-order valence-electron chi connectivity index (χ4n) is 1.89. The standard InChI is InChI=1S/C7H14BN5O/c1-8(14)13-4-2-6(3-5-13)7-9-11-12-10-7/h6,14H,2-5H2,1H3,(H,9,10,11,12). The van der Waals surface area contributed by atoms with Crippen LogP contribution in [0, 0.1) is 0 Å². The first-order chi connectivity index (χ1) is 6.77. The minimum absolute atomic E-state index is 0.344. The van der Waals surface area contributed by atoms with E-state index in [0.29, 0.717) is 5.92 Å². The number of piperidine rings is 1. The zero-order chi connectivity index (χ0) is 9.97. The molecule has 0 spiro atoms. The van der Waals surface area contributed by atoms with E-state index in [1.807, 2.05) is 0 Å². The molecule has 0 aromatic carbocycles. The molecule has 6 nitrogen and oxygen atoms in total. The maximum atomic E-state index is 9.37. The minimum Gasteiger partial charge on any atom is -0.437 e. The van der Waals surface area contributed by atoms with Gasteiger partial charge in [-0.3, -0.25) is 0 Å². The molecule has 14 heavy (non-hydrogen) atoms. The van der Waals surface area contributed by atoms with E-state index in [1.54, 1.807) is 6.82 Å². The zero-order valence-corrected chi connectivity index (χ0v) is 8.22. The van der Waals surface area contributed by atoms with Gasteiger partial charge in [0.1, 0.15) is 0 Å². The van der Waals surface area contributed by atoms with Gasteiger partial charge in [-0.15, -0.1) is 5.10 Å². The molecule has 2 N–H and O–H groups in total. The third-order valence-corrected chi connectivity index (χ3v) is 2.81. The lowest BCUT2D eigenvalue weighted by Crippen LogP contribution is -2.42. The Balaban J connectivity index is 1.90. The van der Waals surface area contributed by atoms with Crippen molar-refractivity contribution >= 4 is 7.05 Å². The van der Waals surface area contributed by atoms with Crippen molar-refractivity contribution in [2.24, 2.45) is 0 Å². The summed E-state index contributed by atoms with van der Waals surface area (Å²) in [6, 6.07) is 0. The van der Waals surface area contributed by atoms with E-state index in [1.165, 1.54) is 0 Å². The molecule has 0 saturated carbocycles. The Morgan fingerprint density at radius 2 is 2.21 bits per heavy atom. The first kappa shape index (κ1) is 9.60. The molecule has 1 aromatic rings. The smallest absolute Gasteiger partial charge is 0.376 e. The van der Waals surface area contributed by atoms with Crippen LogP contribution >= 0.6 is 0 Å². The summed E-state index contributed by atoms with van der Waals surface area (Å²) >= 11 is 0. The average Bonchev–Trinajstić information content (AvgIpc) is 2.71. The molecule has 7 heteroatoms. The van der Waals surface area contributed by atoms with Gasteiger partial charge in [0.05, 0.1) is 0 Å². The number of hydrogen-bond donors (Lipinski definition) is 2. The summed E-state index contributed by atoms with van der Waals surface area (Å²) in [5.74, 6) is 1.29. The first-order valence-corrected chi connectivity index (χ1v) is 4.93.